The molecule has 3 nitrogen and oxygen atoms in total. The van der Waals surface area contributed by atoms with E-state index in [1.165, 1.54) is 26.0 Å². The Morgan fingerprint density at radius 2 is 1.81 bits per heavy atom. The van der Waals surface area contributed by atoms with E-state index < -0.39 is 15.7 Å². The van der Waals surface area contributed by atoms with Crippen LogP contribution in [-0.2, 0) is 10.0 Å². The topological polar surface area (TPSA) is 46.2 Å². The number of sulfonamides is 1. The van der Waals surface area contributed by atoms with Gasteiger partial charge in [0.15, 0.2) is 0 Å². The predicted molar refractivity (Wildman–Crippen MR) is 64.5 cm³/mol. The Morgan fingerprint density at radius 3 is 2.25 bits per heavy atom. The van der Waals surface area contributed by atoms with Gasteiger partial charge in [-0.3, -0.25) is 0 Å². The molecule has 6 heteroatoms. The minimum absolute atomic E-state index is 0.125. The smallest absolute Gasteiger partial charge is 0.240 e. The maximum atomic E-state index is 13.2. The molecule has 90 valence electrons. The van der Waals surface area contributed by atoms with Crippen LogP contribution in [0.3, 0.4) is 0 Å². The molecule has 0 spiro atoms. The lowest BCUT2D eigenvalue weighted by molar-refractivity contribution is 0.221. The zero-order valence-corrected chi connectivity index (χ0v) is 11.4. The van der Waals surface area contributed by atoms with Crippen molar-refractivity contribution in [3.63, 3.8) is 0 Å². The van der Waals surface area contributed by atoms with Gasteiger partial charge in [-0.15, -0.1) is 0 Å². The molecule has 0 atom stereocenters. The van der Waals surface area contributed by atoms with E-state index in [0.717, 1.165) is 4.47 Å². The highest BCUT2D eigenvalue weighted by molar-refractivity contribution is 9.10. The van der Waals surface area contributed by atoms with Crippen molar-refractivity contribution in [2.24, 2.45) is 0 Å². The SMILES string of the molecule is CC(C)(F)CNS(=O)(=O)c1ccc(Br)cc1. The zero-order valence-electron chi connectivity index (χ0n) is 9.00. The van der Waals surface area contributed by atoms with Crippen LogP contribution in [0.5, 0.6) is 0 Å². The Labute approximate surface area is 103 Å². The average molecular weight is 310 g/mol. The molecule has 1 aromatic rings. The zero-order chi connectivity index (χ0) is 12.4. The van der Waals surface area contributed by atoms with Crippen molar-refractivity contribution >= 4 is 26.0 Å². The monoisotopic (exact) mass is 309 g/mol. The minimum atomic E-state index is -3.62. The van der Waals surface area contributed by atoms with Crippen LogP contribution in [0.1, 0.15) is 13.8 Å². The third kappa shape index (κ3) is 4.19. The molecule has 0 heterocycles. The average Bonchev–Trinajstić information content (AvgIpc) is 2.15. The number of halogens is 2. The summed E-state index contributed by atoms with van der Waals surface area (Å²) in [5.74, 6) is 0. The fourth-order valence-corrected chi connectivity index (χ4v) is 2.42. The minimum Gasteiger partial charge on any atom is -0.243 e. The van der Waals surface area contributed by atoms with E-state index in [4.69, 9.17) is 0 Å². The highest BCUT2D eigenvalue weighted by Crippen LogP contribution is 2.15. The van der Waals surface area contributed by atoms with Crippen molar-refractivity contribution in [1.29, 1.82) is 0 Å². The summed E-state index contributed by atoms with van der Waals surface area (Å²) >= 11 is 3.21. The summed E-state index contributed by atoms with van der Waals surface area (Å²) in [5.41, 5.74) is -1.57. The molecule has 0 aliphatic rings. The van der Waals surface area contributed by atoms with Crippen LogP contribution in [0.2, 0.25) is 0 Å². The predicted octanol–water partition coefficient (Wildman–Crippen LogP) is 2.48. The second kappa shape index (κ2) is 4.81. The van der Waals surface area contributed by atoms with Gasteiger partial charge in [-0.1, -0.05) is 15.9 Å². The first-order valence-electron chi connectivity index (χ1n) is 4.65. The molecule has 1 rings (SSSR count). The second-order valence-electron chi connectivity index (χ2n) is 4.00. The molecular weight excluding hydrogens is 297 g/mol. The number of nitrogens with one attached hydrogen (secondary N) is 1. The molecule has 0 radical (unpaired) electrons. The Kier molecular flexibility index (Phi) is 4.09. The first-order valence-corrected chi connectivity index (χ1v) is 6.92. The van der Waals surface area contributed by atoms with Gasteiger partial charge in [0.25, 0.3) is 0 Å². The van der Waals surface area contributed by atoms with Gasteiger partial charge in [-0.2, -0.15) is 0 Å². The summed E-state index contributed by atoms with van der Waals surface area (Å²) in [6.45, 7) is 2.39. The number of benzene rings is 1. The number of hydrogen-bond donors (Lipinski definition) is 1. The van der Waals surface area contributed by atoms with Gasteiger partial charge in [0, 0.05) is 11.0 Å². The standard InChI is InChI=1S/C10H13BrFNO2S/c1-10(2,12)7-13-16(14,15)9-5-3-8(11)4-6-9/h3-6,13H,7H2,1-2H3. The van der Waals surface area contributed by atoms with Gasteiger partial charge in [-0.25, -0.2) is 17.5 Å². The third-order valence-corrected chi connectivity index (χ3v) is 3.75. The second-order valence-corrected chi connectivity index (χ2v) is 6.68. The summed E-state index contributed by atoms with van der Waals surface area (Å²) in [5, 5.41) is 0. The van der Waals surface area contributed by atoms with Gasteiger partial charge >= 0.3 is 0 Å². The van der Waals surface area contributed by atoms with E-state index in [1.807, 2.05) is 0 Å². The summed E-state index contributed by atoms with van der Waals surface area (Å²) in [4.78, 5) is 0.125. The quantitative estimate of drug-likeness (QED) is 0.928. The summed E-state index contributed by atoms with van der Waals surface area (Å²) in [7, 11) is -3.62. The third-order valence-electron chi connectivity index (χ3n) is 1.81. The van der Waals surface area contributed by atoms with E-state index in [1.54, 1.807) is 12.1 Å². The van der Waals surface area contributed by atoms with E-state index >= 15 is 0 Å². The van der Waals surface area contributed by atoms with E-state index in [2.05, 4.69) is 20.7 Å². The molecule has 1 N–H and O–H groups in total. The van der Waals surface area contributed by atoms with Crippen LogP contribution >= 0.6 is 15.9 Å². The van der Waals surface area contributed by atoms with Crippen LogP contribution in [0, 0.1) is 0 Å². The van der Waals surface area contributed by atoms with Crippen molar-refractivity contribution in [2.45, 2.75) is 24.4 Å². The van der Waals surface area contributed by atoms with E-state index in [-0.39, 0.29) is 11.4 Å². The fraction of sp³-hybridized carbons (Fsp3) is 0.400. The van der Waals surface area contributed by atoms with Crippen molar-refractivity contribution in [3.05, 3.63) is 28.7 Å². The molecule has 0 unspecified atom stereocenters. The lowest BCUT2D eigenvalue weighted by Gasteiger charge is -2.15. The van der Waals surface area contributed by atoms with Gasteiger partial charge in [-0.05, 0) is 38.1 Å². The van der Waals surface area contributed by atoms with Gasteiger partial charge in [0.05, 0.1) is 4.90 Å². The number of alkyl halides is 1. The van der Waals surface area contributed by atoms with Crippen molar-refractivity contribution in [2.75, 3.05) is 6.54 Å². The lowest BCUT2D eigenvalue weighted by Crippen LogP contribution is -2.35. The summed E-state index contributed by atoms with van der Waals surface area (Å²) in [6, 6.07) is 6.15. The number of hydrogen-bond acceptors (Lipinski definition) is 2. The lowest BCUT2D eigenvalue weighted by atomic mass is 10.2. The Bertz CT molecular complexity index is 451. The Morgan fingerprint density at radius 1 is 1.31 bits per heavy atom. The largest absolute Gasteiger partial charge is 0.243 e. The molecule has 0 saturated carbocycles. The van der Waals surface area contributed by atoms with E-state index in [9.17, 15) is 12.8 Å². The highest BCUT2D eigenvalue weighted by atomic mass is 79.9. The first-order chi connectivity index (χ1) is 7.21. The molecule has 16 heavy (non-hydrogen) atoms. The van der Waals surface area contributed by atoms with Crippen molar-refractivity contribution in [1.82, 2.24) is 4.72 Å². The maximum absolute atomic E-state index is 13.2. The maximum Gasteiger partial charge on any atom is 0.240 e. The molecule has 0 saturated heterocycles. The van der Waals surface area contributed by atoms with Gasteiger partial charge < -0.3 is 0 Å². The van der Waals surface area contributed by atoms with Gasteiger partial charge in [0.1, 0.15) is 5.67 Å². The van der Waals surface area contributed by atoms with Crippen LogP contribution in [0.4, 0.5) is 4.39 Å². The normalized spacial score (nSPS) is 12.8. The summed E-state index contributed by atoms with van der Waals surface area (Å²) in [6.07, 6.45) is 0. The van der Waals surface area contributed by atoms with Crippen molar-refractivity contribution < 1.29 is 12.8 Å². The molecule has 0 aromatic heterocycles. The number of rotatable bonds is 4. The molecule has 0 aliphatic carbocycles. The van der Waals surface area contributed by atoms with Gasteiger partial charge in [0.2, 0.25) is 10.0 Å². The first kappa shape index (κ1) is 13.6. The Balaban J connectivity index is 2.83. The van der Waals surface area contributed by atoms with Crippen LogP contribution in [0.15, 0.2) is 33.6 Å². The molecule has 0 fully saturated rings. The molecule has 1 aromatic carbocycles. The fourth-order valence-electron chi connectivity index (χ4n) is 0.964. The van der Waals surface area contributed by atoms with Crippen LogP contribution < -0.4 is 4.72 Å². The molecule has 0 aliphatic heterocycles. The molecule has 0 amide bonds. The Hall–Kier alpha value is -0.460. The van der Waals surface area contributed by atoms with Crippen LogP contribution in [0.25, 0.3) is 0 Å². The molecular formula is C10H13BrFNO2S. The highest BCUT2D eigenvalue weighted by Gasteiger charge is 2.21. The van der Waals surface area contributed by atoms with Crippen LogP contribution in [-0.4, -0.2) is 20.6 Å². The van der Waals surface area contributed by atoms with E-state index in [0.29, 0.717) is 0 Å². The van der Waals surface area contributed by atoms with Crippen molar-refractivity contribution in [3.8, 4) is 0 Å². The summed E-state index contributed by atoms with van der Waals surface area (Å²) < 4.78 is 39.6. The molecule has 0 bridgehead atoms.